The molecule has 6 nitrogen and oxygen atoms in total. The lowest BCUT2D eigenvalue weighted by Gasteiger charge is -2.08. The maximum absolute atomic E-state index is 12.3. The van der Waals surface area contributed by atoms with Crippen molar-refractivity contribution in [3.05, 3.63) is 78.0 Å². The third-order valence-electron chi connectivity index (χ3n) is 3.87. The minimum atomic E-state index is -0.199. The zero-order valence-corrected chi connectivity index (χ0v) is 14.6. The van der Waals surface area contributed by atoms with Gasteiger partial charge in [0.25, 0.3) is 5.91 Å². The van der Waals surface area contributed by atoms with Crippen molar-refractivity contribution in [3.63, 3.8) is 0 Å². The largest absolute Gasteiger partial charge is 0.497 e. The summed E-state index contributed by atoms with van der Waals surface area (Å²) in [7, 11) is 1.64. The van der Waals surface area contributed by atoms with E-state index in [2.05, 4.69) is 15.6 Å². The molecule has 26 heavy (non-hydrogen) atoms. The van der Waals surface area contributed by atoms with Crippen molar-refractivity contribution in [2.24, 2.45) is 0 Å². The normalized spacial score (nSPS) is 10.3. The van der Waals surface area contributed by atoms with E-state index in [0.29, 0.717) is 18.8 Å². The van der Waals surface area contributed by atoms with Crippen LogP contribution in [0.1, 0.15) is 21.8 Å². The maximum atomic E-state index is 12.3. The van der Waals surface area contributed by atoms with E-state index in [1.807, 2.05) is 42.5 Å². The Bertz CT molecular complexity index is 847. The van der Waals surface area contributed by atoms with Gasteiger partial charge in [-0.25, -0.2) is 0 Å². The number of hydrogen-bond acceptors (Lipinski definition) is 5. The summed E-state index contributed by atoms with van der Waals surface area (Å²) in [6.07, 6.45) is 3.96. The number of carbonyl (C=O) groups is 1. The van der Waals surface area contributed by atoms with Crippen molar-refractivity contribution >= 4 is 11.6 Å². The van der Waals surface area contributed by atoms with E-state index >= 15 is 0 Å². The Morgan fingerprint density at radius 1 is 1.19 bits per heavy atom. The summed E-state index contributed by atoms with van der Waals surface area (Å²) in [5, 5.41) is 6.10. The van der Waals surface area contributed by atoms with E-state index in [4.69, 9.17) is 9.15 Å². The Morgan fingerprint density at radius 2 is 2.12 bits per heavy atom. The summed E-state index contributed by atoms with van der Waals surface area (Å²) < 4.78 is 10.5. The van der Waals surface area contributed by atoms with Crippen LogP contribution in [0.25, 0.3) is 0 Å². The molecule has 1 amide bonds. The van der Waals surface area contributed by atoms with Crippen LogP contribution in [0, 0.1) is 0 Å². The Labute approximate surface area is 152 Å². The first-order valence-corrected chi connectivity index (χ1v) is 8.38. The van der Waals surface area contributed by atoms with Crippen molar-refractivity contribution in [1.29, 1.82) is 0 Å². The zero-order valence-electron chi connectivity index (χ0n) is 14.6. The van der Waals surface area contributed by atoms with Gasteiger partial charge in [0, 0.05) is 18.4 Å². The van der Waals surface area contributed by atoms with Crippen LogP contribution in [0.2, 0.25) is 0 Å². The third-order valence-corrected chi connectivity index (χ3v) is 3.87. The second-order valence-electron chi connectivity index (χ2n) is 5.72. The molecule has 0 saturated carbocycles. The van der Waals surface area contributed by atoms with Crippen molar-refractivity contribution in [1.82, 2.24) is 10.3 Å². The van der Waals surface area contributed by atoms with Gasteiger partial charge >= 0.3 is 0 Å². The first kappa shape index (κ1) is 17.5. The number of methoxy groups -OCH3 is 1. The number of amides is 1. The predicted octanol–water partition coefficient (Wildman–Crippen LogP) is 3.27. The van der Waals surface area contributed by atoms with Crippen LogP contribution in [0.4, 0.5) is 5.69 Å². The SMILES string of the molecule is COc1cccc(CCNC(=O)c2cc(NCc3ccco3)ccn2)c1. The van der Waals surface area contributed by atoms with E-state index in [9.17, 15) is 4.79 Å². The van der Waals surface area contributed by atoms with Crippen LogP contribution in [-0.4, -0.2) is 24.5 Å². The topological polar surface area (TPSA) is 76.4 Å². The van der Waals surface area contributed by atoms with Crippen LogP contribution < -0.4 is 15.4 Å². The molecule has 134 valence electrons. The Morgan fingerprint density at radius 3 is 2.92 bits per heavy atom. The van der Waals surface area contributed by atoms with Gasteiger partial charge in [0.2, 0.25) is 0 Å². The Hall–Kier alpha value is -3.28. The molecule has 2 heterocycles. The molecule has 3 rings (SSSR count). The summed E-state index contributed by atoms with van der Waals surface area (Å²) >= 11 is 0. The number of ether oxygens (including phenoxy) is 1. The number of pyridine rings is 1. The number of furan rings is 1. The minimum absolute atomic E-state index is 0.199. The van der Waals surface area contributed by atoms with E-state index in [1.165, 1.54) is 0 Å². The van der Waals surface area contributed by atoms with Gasteiger partial charge in [-0.2, -0.15) is 0 Å². The van der Waals surface area contributed by atoms with Gasteiger partial charge in [-0.15, -0.1) is 0 Å². The monoisotopic (exact) mass is 351 g/mol. The molecule has 0 unspecified atom stereocenters. The number of nitrogens with zero attached hydrogens (tertiary/aromatic N) is 1. The van der Waals surface area contributed by atoms with E-state index < -0.39 is 0 Å². The van der Waals surface area contributed by atoms with Gasteiger partial charge in [0.15, 0.2) is 0 Å². The van der Waals surface area contributed by atoms with E-state index in [1.54, 1.807) is 25.6 Å². The molecule has 0 spiro atoms. The number of benzene rings is 1. The first-order valence-electron chi connectivity index (χ1n) is 8.38. The lowest BCUT2D eigenvalue weighted by Crippen LogP contribution is -2.26. The van der Waals surface area contributed by atoms with Crippen LogP contribution in [-0.2, 0) is 13.0 Å². The van der Waals surface area contributed by atoms with Crippen molar-refractivity contribution < 1.29 is 13.9 Å². The zero-order chi connectivity index (χ0) is 18.2. The average Bonchev–Trinajstić information content (AvgIpc) is 3.20. The molecular formula is C20H21N3O3. The molecule has 1 aromatic carbocycles. The molecule has 0 saturated heterocycles. The number of anilines is 1. The number of rotatable bonds is 8. The molecule has 6 heteroatoms. The van der Waals surface area contributed by atoms with Gasteiger partial charge in [-0.3, -0.25) is 9.78 Å². The maximum Gasteiger partial charge on any atom is 0.269 e. The van der Waals surface area contributed by atoms with Crippen LogP contribution in [0.15, 0.2) is 65.4 Å². The molecule has 0 aliphatic carbocycles. The fraction of sp³-hybridized carbons (Fsp3) is 0.200. The number of carbonyl (C=O) groups excluding carboxylic acids is 1. The van der Waals surface area contributed by atoms with Crippen molar-refractivity contribution in [2.75, 3.05) is 19.0 Å². The van der Waals surface area contributed by atoms with Crippen LogP contribution in [0.5, 0.6) is 5.75 Å². The van der Waals surface area contributed by atoms with Crippen molar-refractivity contribution in [2.45, 2.75) is 13.0 Å². The summed E-state index contributed by atoms with van der Waals surface area (Å²) in [6, 6.07) is 15.1. The average molecular weight is 351 g/mol. The molecule has 0 radical (unpaired) electrons. The number of nitrogens with one attached hydrogen (secondary N) is 2. The number of aromatic nitrogens is 1. The smallest absolute Gasteiger partial charge is 0.269 e. The first-order chi connectivity index (χ1) is 12.7. The van der Waals surface area contributed by atoms with Gasteiger partial charge in [0.1, 0.15) is 17.2 Å². The lowest BCUT2D eigenvalue weighted by molar-refractivity contribution is 0.0949. The van der Waals surface area contributed by atoms with E-state index in [-0.39, 0.29) is 5.91 Å². The summed E-state index contributed by atoms with van der Waals surface area (Å²) in [5.74, 6) is 1.44. The predicted molar refractivity (Wildman–Crippen MR) is 99.3 cm³/mol. The standard InChI is InChI=1S/C20H21N3O3/c1-25-17-5-2-4-15(12-17)7-9-22-20(24)19-13-16(8-10-21-19)23-14-18-6-3-11-26-18/h2-6,8,10-13H,7,9,14H2,1H3,(H,21,23)(H,22,24). The second kappa shape index (κ2) is 8.71. The van der Waals surface area contributed by atoms with Crippen molar-refractivity contribution in [3.8, 4) is 5.75 Å². The van der Waals surface area contributed by atoms with Gasteiger partial charge in [0.05, 0.1) is 19.9 Å². The fourth-order valence-electron chi connectivity index (χ4n) is 2.51. The molecule has 0 fully saturated rings. The third kappa shape index (κ3) is 4.86. The summed E-state index contributed by atoms with van der Waals surface area (Å²) in [5.41, 5.74) is 2.29. The highest BCUT2D eigenvalue weighted by Crippen LogP contribution is 2.13. The molecule has 0 aliphatic heterocycles. The minimum Gasteiger partial charge on any atom is -0.497 e. The van der Waals surface area contributed by atoms with Gasteiger partial charge < -0.3 is 19.8 Å². The Kier molecular flexibility index (Phi) is 5.88. The van der Waals surface area contributed by atoms with Crippen LogP contribution >= 0.6 is 0 Å². The number of hydrogen-bond donors (Lipinski definition) is 2. The van der Waals surface area contributed by atoms with Crippen LogP contribution in [0.3, 0.4) is 0 Å². The highest BCUT2D eigenvalue weighted by Gasteiger charge is 2.08. The summed E-state index contributed by atoms with van der Waals surface area (Å²) in [6.45, 7) is 1.08. The molecule has 0 atom stereocenters. The molecule has 3 aromatic rings. The molecule has 2 aromatic heterocycles. The molecule has 0 aliphatic rings. The lowest BCUT2D eigenvalue weighted by atomic mass is 10.1. The second-order valence-corrected chi connectivity index (χ2v) is 5.72. The molecule has 0 bridgehead atoms. The molecule has 2 N–H and O–H groups in total. The highest BCUT2D eigenvalue weighted by molar-refractivity contribution is 5.93. The Balaban J connectivity index is 1.51. The van der Waals surface area contributed by atoms with Gasteiger partial charge in [-0.1, -0.05) is 12.1 Å². The van der Waals surface area contributed by atoms with E-state index in [0.717, 1.165) is 29.2 Å². The summed E-state index contributed by atoms with van der Waals surface area (Å²) in [4.78, 5) is 16.4. The highest BCUT2D eigenvalue weighted by atomic mass is 16.5. The fourth-order valence-corrected chi connectivity index (χ4v) is 2.51. The molecular weight excluding hydrogens is 330 g/mol. The van der Waals surface area contributed by atoms with Gasteiger partial charge in [-0.05, 0) is 48.4 Å². The quantitative estimate of drug-likeness (QED) is 0.651.